The van der Waals surface area contributed by atoms with Gasteiger partial charge >= 0.3 is 0 Å². The molecule has 0 bridgehead atoms. The van der Waals surface area contributed by atoms with Crippen LogP contribution in [0.25, 0.3) is 22.3 Å². The molecule has 6 heteroatoms. The van der Waals surface area contributed by atoms with Crippen LogP contribution in [0.5, 0.6) is 0 Å². The van der Waals surface area contributed by atoms with Crippen molar-refractivity contribution in [1.82, 2.24) is 0 Å². The molecule has 6 nitrogen and oxygen atoms in total. The molecule has 0 aromatic heterocycles. The van der Waals surface area contributed by atoms with Crippen LogP contribution in [0.2, 0.25) is 0 Å². The second-order valence-corrected chi connectivity index (χ2v) is 4.69. The first-order valence-electron chi connectivity index (χ1n) is 6.51. The van der Waals surface area contributed by atoms with Crippen molar-refractivity contribution in [2.45, 2.75) is 0 Å². The van der Waals surface area contributed by atoms with Gasteiger partial charge < -0.3 is 9.52 Å². The molecule has 110 valence electrons. The van der Waals surface area contributed by atoms with Crippen LogP contribution in [0.15, 0.2) is 53.3 Å². The molecule has 1 aromatic rings. The molecule has 1 N–H and O–H groups in total. The lowest BCUT2D eigenvalue weighted by Crippen LogP contribution is -2.07. The van der Waals surface area contributed by atoms with Gasteiger partial charge in [0, 0.05) is 11.1 Å². The summed E-state index contributed by atoms with van der Waals surface area (Å²) >= 11 is 0. The van der Waals surface area contributed by atoms with Gasteiger partial charge in [0.2, 0.25) is 0 Å². The molecule has 3 rings (SSSR count). The summed E-state index contributed by atoms with van der Waals surface area (Å²) in [5.41, 5.74) is 1.41. The topological polar surface area (TPSA) is 93.6 Å². The van der Waals surface area contributed by atoms with Crippen LogP contribution in [0.1, 0.15) is 10.4 Å². The quantitative estimate of drug-likeness (QED) is 0.453. The molecule has 0 spiro atoms. The number of rotatable bonds is 4. The maximum atomic E-state index is 12.0. The zero-order chi connectivity index (χ0) is 15.7. The van der Waals surface area contributed by atoms with E-state index in [9.17, 15) is 14.9 Å². The Balaban J connectivity index is 2.44. The van der Waals surface area contributed by atoms with Crippen molar-refractivity contribution in [3.05, 3.63) is 64.6 Å². The summed E-state index contributed by atoms with van der Waals surface area (Å²) in [6, 6.07) is 10.3. The molecule has 1 aliphatic carbocycles. The fraction of sp³-hybridized carbons (Fsp3) is 0.0625. The van der Waals surface area contributed by atoms with Gasteiger partial charge in [0.1, 0.15) is 12.2 Å². The summed E-state index contributed by atoms with van der Waals surface area (Å²) in [6.07, 6.45) is 2.72. The largest absolute Gasteiger partial charge is 0.472 e. The van der Waals surface area contributed by atoms with E-state index in [1.54, 1.807) is 30.3 Å². The van der Waals surface area contributed by atoms with Crippen LogP contribution in [-0.4, -0.2) is 22.4 Å². The molecule has 22 heavy (non-hydrogen) atoms. The van der Waals surface area contributed by atoms with E-state index in [0.717, 1.165) is 0 Å². The fourth-order valence-corrected chi connectivity index (χ4v) is 2.60. The van der Waals surface area contributed by atoms with E-state index in [0.29, 0.717) is 22.3 Å². The number of Topliss-reactive ketones (excluding diaryl/α,β-unsaturated/α-hetero) is 1. The first-order valence-corrected chi connectivity index (χ1v) is 6.51. The first kappa shape index (κ1) is 14.0. The van der Waals surface area contributed by atoms with Gasteiger partial charge in [0.15, 0.2) is 5.78 Å². The number of carbonyl (C=O) groups excluding carboxylic acids is 1. The van der Waals surface area contributed by atoms with Crippen molar-refractivity contribution in [2.24, 2.45) is 0 Å². The molecule has 0 fully saturated rings. The number of nitrogens with zero attached hydrogens (tertiary/aromatic N) is 1. The Morgan fingerprint density at radius 2 is 1.91 bits per heavy atom. The number of hydrogen-bond acceptors (Lipinski definition) is 5. The molecule has 1 aliphatic heterocycles. The summed E-state index contributed by atoms with van der Waals surface area (Å²) in [5, 5.41) is 20.7. The van der Waals surface area contributed by atoms with Crippen molar-refractivity contribution in [1.29, 1.82) is 0 Å². The van der Waals surface area contributed by atoms with Gasteiger partial charge in [-0.05, 0) is 11.6 Å². The monoisotopic (exact) mass is 297 g/mol. The summed E-state index contributed by atoms with van der Waals surface area (Å²) in [7, 11) is 0. The van der Waals surface area contributed by atoms with Crippen molar-refractivity contribution in [2.75, 3.05) is 6.61 Å². The number of hydrogen-bond donors (Lipinski definition) is 1. The van der Waals surface area contributed by atoms with E-state index in [1.807, 2.05) is 0 Å². The Morgan fingerprint density at radius 3 is 2.55 bits per heavy atom. The summed E-state index contributed by atoms with van der Waals surface area (Å²) in [4.78, 5) is 23.0. The highest BCUT2D eigenvalue weighted by atomic mass is 16.6. The first-order chi connectivity index (χ1) is 10.6. The van der Waals surface area contributed by atoms with E-state index in [4.69, 9.17) is 9.52 Å². The SMILES string of the molecule is O=C(CO)c1c2ccocc-2c(-c2ccccc2)c1[N+](=O)[O-]. The maximum Gasteiger partial charge on any atom is 0.289 e. The van der Waals surface area contributed by atoms with Crippen LogP contribution in [-0.2, 0) is 0 Å². The lowest BCUT2D eigenvalue weighted by Gasteiger charge is -2.02. The van der Waals surface area contributed by atoms with Crippen LogP contribution >= 0.6 is 0 Å². The second-order valence-electron chi connectivity index (χ2n) is 4.69. The zero-order valence-electron chi connectivity index (χ0n) is 11.4. The molecule has 1 heterocycles. The van der Waals surface area contributed by atoms with Crippen LogP contribution in [0, 0.1) is 10.1 Å². The predicted octanol–water partition coefficient (Wildman–Crippen LogP) is 3.13. The molecule has 0 unspecified atom stereocenters. The highest BCUT2D eigenvalue weighted by Crippen LogP contribution is 2.47. The smallest absolute Gasteiger partial charge is 0.289 e. The normalized spacial score (nSPS) is 10.8. The molecule has 0 radical (unpaired) electrons. The predicted molar refractivity (Wildman–Crippen MR) is 78.8 cm³/mol. The number of aliphatic hydroxyl groups excluding tert-OH is 1. The van der Waals surface area contributed by atoms with Gasteiger partial charge in [0.25, 0.3) is 5.69 Å². The highest BCUT2D eigenvalue weighted by Gasteiger charge is 2.35. The lowest BCUT2D eigenvalue weighted by molar-refractivity contribution is -0.384. The Bertz CT molecular complexity index is 822. The van der Waals surface area contributed by atoms with E-state index in [-0.39, 0.29) is 11.3 Å². The minimum atomic E-state index is -0.791. The third-order valence-corrected chi connectivity index (χ3v) is 3.47. The number of ketones is 1. The average Bonchev–Trinajstić information content (AvgIpc) is 2.90. The second kappa shape index (κ2) is 5.42. The van der Waals surface area contributed by atoms with Crippen molar-refractivity contribution >= 4 is 11.5 Å². The van der Waals surface area contributed by atoms with Gasteiger partial charge in [-0.25, -0.2) is 0 Å². The number of benzene rings is 1. The molecule has 0 atom stereocenters. The van der Waals surface area contributed by atoms with Gasteiger partial charge in [-0.1, -0.05) is 30.3 Å². The summed E-state index contributed by atoms with van der Waals surface area (Å²) < 4.78 is 5.12. The van der Waals surface area contributed by atoms with E-state index in [1.165, 1.54) is 18.6 Å². The van der Waals surface area contributed by atoms with E-state index >= 15 is 0 Å². The van der Waals surface area contributed by atoms with Gasteiger partial charge in [0.05, 0.1) is 23.0 Å². The third-order valence-electron chi connectivity index (χ3n) is 3.47. The van der Waals surface area contributed by atoms with Crippen LogP contribution in [0.3, 0.4) is 0 Å². The summed E-state index contributed by atoms with van der Waals surface area (Å²) in [6.45, 7) is -0.791. The fourth-order valence-electron chi connectivity index (χ4n) is 2.60. The molecule has 0 amide bonds. The molecule has 2 aliphatic rings. The van der Waals surface area contributed by atoms with Crippen molar-refractivity contribution in [3.8, 4) is 22.3 Å². The Hall–Kier alpha value is -2.99. The molecule has 0 saturated carbocycles. The zero-order valence-corrected chi connectivity index (χ0v) is 11.4. The van der Waals surface area contributed by atoms with Gasteiger partial charge in [-0.15, -0.1) is 0 Å². The van der Waals surface area contributed by atoms with Crippen molar-refractivity contribution in [3.63, 3.8) is 0 Å². The number of aliphatic hydroxyl groups is 1. The Kier molecular flexibility index (Phi) is 3.44. The molecule has 0 saturated heterocycles. The molecular weight excluding hydrogens is 286 g/mol. The van der Waals surface area contributed by atoms with Gasteiger partial charge in [-0.2, -0.15) is 0 Å². The van der Waals surface area contributed by atoms with E-state index < -0.39 is 17.3 Å². The highest BCUT2D eigenvalue weighted by molar-refractivity contribution is 6.14. The Labute approximate surface area is 125 Å². The van der Waals surface area contributed by atoms with Crippen LogP contribution < -0.4 is 0 Å². The minimum absolute atomic E-state index is 0.0860. The molecule has 1 aromatic carbocycles. The Morgan fingerprint density at radius 1 is 1.18 bits per heavy atom. The number of nitro groups is 1. The van der Waals surface area contributed by atoms with Crippen molar-refractivity contribution < 1.29 is 19.2 Å². The number of carbonyl (C=O) groups is 1. The number of fused-ring (bicyclic) bond motifs is 1. The average molecular weight is 297 g/mol. The third kappa shape index (κ3) is 2.06. The van der Waals surface area contributed by atoms with Crippen LogP contribution in [0.4, 0.5) is 5.69 Å². The molecular formula is C16H11NO5. The van der Waals surface area contributed by atoms with E-state index in [2.05, 4.69) is 0 Å². The van der Waals surface area contributed by atoms with Gasteiger partial charge in [-0.3, -0.25) is 14.9 Å². The lowest BCUT2D eigenvalue weighted by atomic mass is 10.0. The minimum Gasteiger partial charge on any atom is -0.472 e. The standard InChI is InChI=1S/C16H11NO5/c18-8-13(19)15-11-6-7-22-9-12(11)14(16(15)17(20)21)10-4-2-1-3-5-10/h1-7,9,18H,8H2. The summed E-state index contributed by atoms with van der Waals surface area (Å²) in [5.74, 6) is -0.690. The maximum absolute atomic E-state index is 12.0.